The minimum Gasteiger partial charge on any atom is -0.381 e. The molecule has 0 bridgehead atoms. The molecule has 0 aliphatic carbocycles. The number of aryl methyl sites for hydroxylation is 1. The first-order valence-corrected chi connectivity index (χ1v) is 9.51. The molecule has 3 N–H and O–H groups in total. The minimum absolute atomic E-state index is 0. The standard InChI is InChI=1S/C18H22ClN3O2S.ClH/c1-12-8-14(19)3-2-13(12)9-15-10-21-17(25-15)22-16(23)18(11-20)4-6-24-7-5-18;/h2-3,8,10H,4-7,9,11,20H2,1H3,(H,21,22,23);1H. The second kappa shape index (κ2) is 9.15. The third-order valence-corrected chi connectivity index (χ3v) is 5.91. The van der Waals surface area contributed by atoms with Crippen LogP contribution in [0.15, 0.2) is 24.4 Å². The predicted octanol–water partition coefficient (Wildman–Crippen LogP) is 3.81. The Hall–Kier alpha value is -1.18. The van der Waals surface area contributed by atoms with Crippen molar-refractivity contribution in [2.75, 3.05) is 25.1 Å². The molecule has 0 saturated carbocycles. The second-order valence-electron chi connectivity index (χ2n) is 6.43. The van der Waals surface area contributed by atoms with E-state index in [1.165, 1.54) is 16.9 Å². The number of hydrogen-bond acceptors (Lipinski definition) is 5. The van der Waals surface area contributed by atoms with Crippen LogP contribution in [-0.2, 0) is 16.0 Å². The summed E-state index contributed by atoms with van der Waals surface area (Å²) in [6.45, 7) is 3.51. The second-order valence-corrected chi connectivity index (χ2v) is 7.98. The van der Waals surface area contributed by atoms with Crippen molar-refractivity contribution >= 4 is 46.4 Å². The number of carbonyl (C=O) groups excluding carboxylic acids is 1. The van der Waals surface area contributed by atoms with E-state index in [0.717, 1.165) is 21.9 Å². The number of nitrogens with two attached hydrogens (primary N) is 1. The Morgan fingerprint density at radius 2 is 2.15 bits per heavy atom. The molecule has 0 unspecified atom stereocenters. The number of aromatic nitrogens is 1. The summed E-state index contributed by atoms with van der Waals surface area (Å²) in [5.74, 6) is -0.0538. The Morgan fingerprint density at radius 1 is 1.42 bits per heavy atom. The molecule has 2 aromatic rings. The van der Waals surface area contributed by atoms with Crippen LogP contribution in [0, 0.1) is 12.3 Å². The molecule has 1 saturated heterocycles. The van der Waals surface area contributed by atoms with Crippen molar-refractivity contribution in [2.24, 2.45) is 11.1 Å². The third-order valence-electron chi connectivity index (χ3n) is 4.77. The number of ether oxygens (including phenoxy) is 1. The van der Waals surface area contributed by atoms with Crippen LogP contribution in [0.5, 0.6) is 0 Å². The number of anilines is 1. The van der Waals surface area contributed by atoms with Gasteiger partial charge in [0.25, 0.3) is 0 Å². The van der Waals surface area contributed by atoms with Crippen LogP contribution >= 0.6 is 35.3 Å². The first-order valence-electron chi connectivity index (χ1n) is 8.31. The van der Waals surface area contributed by atoms with Gasteiger partial charge in [-0.15, -0.1) is 23.7 Å². The highest BCUT2D eigenvalue weighted by molar-refractivity contribution is 7.15. The zero-order valence-corrected chi connectivity index (χ0v) is 17.0. The van der Waals surface area contributed by atoms with Crippen LogP contribution in [0.25, 0.3) is 0 Å². The highest BCUT2D eigenvalue weighted by atomic mass is 35.5. The average molecular weight is 416 g/mol. The molecule has 5 nitrogen and oxygen atoms in total. The Labute approximate surface area is 168 Å². The first kappa shape index (κ1) is 21.1. The zero-order valence-electron chi connectivity index (χ0n) is 14.6. The number of carbonyl (C=O) groups is 1. The molecule has 8 heteroatoms. The van der Waals surface area contributed by atoms with Gasteiger partial charge in [-0.05, 0) is 43.0 Å². The van der Waals surface area contributed by atoms with Gasteiger partial charge in [0.05, 0.1) is 5.41 Å². The number of rotatable bonds is 5. The van der Waals surface area contributed by atoms with E-state index >= 15 is 0 Å². The zero-order chi connectivity index (χ0) is 17.9. The molecule has 1 amide bonds. The van der Waals surface area contributed by atoms with Crippen molar-refractivity contribution in [3.8, 4) is 0 Å². The molecule has 1 aromatic carbocycles. The number of amides is 1. The van der Waals surface area contributed by atoms with Gasteiger partial charge in [-0.3, -0.25) is 4.79 Å². The number of hydrogen-bond donors (Lipinski definition) is 2. The summed E-state index contributed by atoms with van der Waals surface area (Å²) < 4.78 is 5.36. The maximum absolute atomic E-state index is 12.7. The van der Waals surface area contributed by atoms with Crippen LogP contribution in [-0.4, -0.2) is 30.6 Å². The smallest absolute Gasteiger partial charge is 0.233 e. The minimum atomic E-state index is -0.545. The summed E-state index contributed by atoms with van der Waals surface area (Å²) in [6.07, 6.45) is 3.88. The Morgan fingerprint density at radius 3 is 2.81 bits per heavy atom. The third kappa shape index (κ3) is 4.75. The lowest BCUT2D eigenvalue weighted by molar-refractivity contribution is -0.130. The van der Waals surface area contributed by atoms with E-state index in [9.17, 15) is 4.79 Å². The normalized spacial score (nSPS) is 16.0. The summed E-state index contributed by atoms with van der Waals surface area (Å²) >= 11 is 7.50. The van der Waals surface area contributed by atoms with Gasteiger partial charge in [-0.1, -0.05) is 17.7 Å². The molecule has 1 aromatic heterocycles. The van der Waals surface area contributed by atoms with Crippen molar-refractivity contribution in [3.05, 3.63) is 45.4 Å². The van der Waals surface area contributed by atoms with Crippen LogP contribution in [0.1, 0.15) is 28.8 Å². The van der Waals surface area contributed by atoms with Crippen LogP contribution in [0.3, 0.4) is 0 Å². The highest BCUT2D eigenvalue weighted by Crippen LogP contribution is 2.32. The number of halogens is 2. The Kier molecular flexibility index (Phi) is 7.43. The van der Waals surface area contributed by atoms with Gasteiger partial charge in [-0.2, -0.15) is 0 Å². The van der Waals surface area contributed by atoms with Crippen LogP contribution in [0.2, 0.25) is 5.02 Å². The number of nitrogens with one attached hydrogen (secondary N) is 1. The van der Waals surface area contributed by atoms with Gasteiger partial charge in [-0.25, -0.2) is 4.98 Å². The van der Waals surface area contributed by atoms with Crippen LogP contribution in [0.4, 0.5) is 5.13 Å². The Bertz CT molecular complexity index is 761. The van der Waals surface area contributed by atoms with E-state index < -0.39 is 5.41 Å². The van der Waals surface area contributed by atoms with Gasteiger partial charge in [0.1, 0.15) is 0 Å². The highest BCUT2D eigenvalue weighted by Gasteiger charge is 2.39. The summed E-state index contributed by atoms with van der Waals surface area (Å²) in [5.41, 5.74) is 7.69. The molecule has 0 spiro atoms. The van der Waals surface area contributed by atoms with Crippen molar-refractivity contribution in [2.45, 2.75) is 26.2 Å². The summed E-state index contributed by atoms with van der Waals surface area (Å²) in [5, 5.41) is 4.30. The van der Waals surface area contributed by atoms with E-state index in [2.05, 4.69) is 10.3 Å². The van der Waals surface area contributed by atoms with E-state index in [1.807, 2.05) is 31.3 Å². The van der Waals surface area contributed by atoms with Crippen molar-refractivity contribution in [1.82, 2.24) is 4.98 Å². The van der Waals surface area contributed by atoms with E-state index in [0.29, 0.717) is 37.7 Å². The fourth-order valence-electron chi connectivity index (χ4n) is 3.01. The predicted molar refractivity (Wildman–Crippen MR) is 109 cm³/mol. The first-order chi connectivity index (χ1) is 12.0. The van der Waals surface area contributed by atoms with Gasteiger partial charge in [0.15, 0.2) is 5.13 Å². The van der Waals surface area contributed by atoms with Crippen molar-refractivity contribution in [1.29, 1.82) is 0 Å². The topological polar surface area (TPSA) is 77.2 Å². The molecule has 2 heterocycles. The molecule has 0 radical (unpaired) electrons. The molecule has 3 rings (SSSR count). The number of nitrogens with zero attached hydrogens (tertiary/aromatic N) is 1. The largest absolute Gasteiger partial charge is 0.381 e. The molecule has 1 aliphatic heterocycles. The summed E-state index contributed by atoms with van der Waals surface area (Å²) in [7, 11) is 0. The average Bonchev–Trinajstić information content (AvgIpc) is 3.05. The van der Waals surface area contributed by atoms with Gasteiger partial charge >= 0.3 is 0 Å². The molecule has 1 fully saturated rings. The van der Waals surface area contributed by atoms with E-state index in [-0.39, 0.29) is 18.3 Å². The fourth-order valence-corrected chi connectivity index (χ4v) is 4.07. The summed E-state index contributed by atoms with van der Waals surface area (Å²) in [6, 6.07) is 5.88. The van der Waals surface area contributed by atoms with Crippen LogP contribution < -0.4 is 11.1 Å². The van der Waals surface area contributed by atoms with Crippen molar-refractivity contribution in [3.63, 3.8) is 0 Å². The van der Waals surface area contributed by atoms with E-state index in [4.69, 9.17) is 22.1 Å². The van der Waals surface area contributed by atoms with Gasteiger partial charge in [0, 0.05) is 42.3 Å². The lowest BCUT2D eigenvalue weighted by atomic mass is 9.79. The molecule has 26 heavy (non-hydrogen) atoms. The SMILES string of the molecule is Cc1cc(Cl)ccc1Cc1cnc(NC(=O)C2(CN)CCOCC2)s1.Cl. The number of thiazole rings is 1. The lowest BCUT2D eigenvalue weighted by Crippen LogP contribution is -2.46. The van der Waals surface area contributed by atoms with Gasteiger partial charge < -0.3 is 15.8 Å². The maximum atomic E-state index is 12.7. The monoisotopic (exact) mass is 415 g/mol. The van der Waals surface area contributed by atoms with Crippen molar-refractivity contribution < 1.29 is 9.53 Å². The Balaban J connectivity index is 0.00000243. The molecular formula is C18H23Cl2N3O2S. The molecule has 1 aliphatic rings. The fraction of sp³-hybridized carbons (Fsp3) is 0.444. The summed E-state index contributed by atoms with van der Waals surface area (Å²) in [4.78, 5) is 18.1. The molecular weight excluding hydrogens is 393 g/mol. The van der Waals surface area contributed by atoms with Gasteiger partial charge in [0.2, 0.25) is 5.91 Å². The lowest BCUT2D eigenvalue weighted by Gasteiger charge is -2.34. The van der Waals surface area contributed by atoms with E-state index in [1.54, 1.807) is 0 Å². The molecule has 142 valence electrons. The number of benzene rings is 1. The quantitative estimate of drug-likeness (QED) is 0.777. The maximum Gasteiger partial charge on any atom is 0.233 e. The molecule has 0 atom stereocenters.